The van der Waals surface area contributed by atoms with Crippen LogP contribution in [0.2, 0.25) is 5.02 Å². The minimum atomic E-state index is -0.0939. The summed E-state index contributed by atoms with van der Waals surface area (Å²) in [5.74, 6) is 0.850. The molecule has 3 heterocycles. The summed E-state index contributed by atoms with van der Waals surface area (Å²) in [6.07, 6.45) is 7.58. The summed E-state index contributed by atoms with van der Waals surface area (Å²) in [4.78, 5) is 32.3. The zero-order chi connectivity index (χ0) is 23.7. The van der Waals surface area contributed by atoms with Crippen molar-refractivity contribution < 1.29 is 14.3 Å². The number of aromatic nitrogens is 2. The Bertz CT molecular complexity index is 1020. The number of nitrogens with zero attached hydrogens (tertiary/aromatic N) is 3. The quantitative estimate of drug-likeness (QED) is 0.699. The minimum Gasteiger partial charge on any atom is -0.365 e. The van der Waals surface area contributed by atoms with Gasteiger partial charge in [0.25, 0.3) is 5.91 Å². The molecule has 1 saturated heterocycles. The van der Waals surface area contributed by atoms with E-state index in [2.05, 4.69) is 17.2 Å². The van der Waals surface area contributed by atoms with E-state index in [-0.39, 0.29) is 23.8 Å². The van der Waals surface area contributed by atoms with E-state index in [0.717, 1.165) is 30.0 Å². The van der Waals surface area contributed by atoms with Crippen LogP contribution in [-0.2, 0) is 22.7 Å². The van der Waals surface area contributed by atoms with Crippen LogP contribution in [0.15, 0.2) is 30.6 Å². The highest BCUT2D eigenvalue weighted by molar-refractivity contribution is 6.30. The highest BCUT2D eigenvalue weighted by Crippen LogP contribution is 2.30. The maximum absolute atomic E-state index is 13.2. The number of carbonyl (C=O) groups is 2. The number of benzene rings is 1. The smallest absolute Gasteiger partial charge is 0.274 e. The second-order valence-electron chi connectivity index (χ2n) is 10.1. The number of imidazole rings is 1. The van der Waals surface area contributed by atoms with Crippen LogP contribution >= 0.6 is 11.6 Å². The lowest BCUT2D eigenvalue weighted by atomic mass is 9.86. The molecule has 0 radical (unpaired) electrons. The van der Waals surface area contributed by atoms with E-state index in [1.165, 1.54) is 12.8 Å². The number of fused-ring (bicyclic) bond motifs is 1. The van der Waals surface area contributed by atoms with Crippen molar-refractivity contribution in [1.82, 2.24) is 19.8 Å². The zero-order valence-corrected chi connectivity index (χ0v) is 20.5. The average molecular weight is 485 g/mol. The topological polar surface area (TPSA) is 76.5 Å². The molecule has 2 aliphatic heterocycles. The van der Waals surface area contributed by atoms with Crippen LogP contribution in [0, 0.1) is 11.8 Å². The molecule has 1 N–H and O–H groups in total. The molecule has 0 spiro atoms. The molecule has 2 aromatic rings. The van der Waals surface area contributed by atoms with Gasteiger partial charge in [0, 0.05) is 30.1 Å². The van der Waals surface area contributed by atoms with Gasteiger partial charge in [-0.1, -0.05) is 30.7 Å². The number of hydrogen-bond acceptors (Lipinski definition) is 4. The molecule has 5 rings (SSSR count). The third kappa shape index (κ3) is 5.01. The lowest BCUT2D eigenvalue weighted by Gasteiger charge is -2.33. The van der Waals surface area contributed by atoms with Crippen LogP contribution in [0.5, 0.6) is 0 Å². The van der Waals surface area contributed by atoms with Gasteiger partial charge in [-0.3, -0.25) is 9.59 Å². The molecule has 1 aromatic carbocycles. The van der Waals surface area contributed by atoms with Crippen LogP contribution in [0.1, 0.15) is 73.3 Å². The SMILES string of the molecule is CC1CCC(NC(=O)C2CCN(C(=O)c3ncn4c3CO[C@H](c3ccc(Cl)cc3)C4)CC2)CC1. The van der Waals surface area contributed by atoms with E-state index in [9.17, 15) is 9.59 Å². The fourth-order valence-corrected chi connectivity index (χ4v) is 5.53. The van der Waals surface area contributed by atoms with Gasteiger partial charge in [0.1, 0.15) is 6.10 Å². The predicted molar refractivity (Wildman–Crippen MR) is 129 cm³/mol. The predicted octanol–water partition coefficient (Wildman–Crippen LogP) is 4.36. The van der Waals surface area contributed by atoms with Gasteiger partial charge in [-0.2, -0.15) is 0 Å². The van der Waals surface area contributed by atoms with Gasteiger partial charge in [-0.05, 0) is 62.1 Å². The van der Waals surface area contributed by atoms with Crippen molar-refractivity contribution in [3.8, 4) is 0 Å². The molecule has 0 bridgehead atoms. The van der Waals surface area contributed by atoms with Crippen molar-refractivity contribution in [1.29, 1.82) is 0 Å². The van der Waals surface area contributed by atoms with Crippen LogP contribution in [0.25, 0.3) is 0 Å². The second-order valence-corrected chi connectivity index (χ2v) is 10.5. The molecule has 1 atom stereocenters. The molecule has 7 nitrogen and oxygen atoms in total. The molecule has 2 amide bonds. The van der Waals surface area contributed by atoms with E-state index in [4.69, 9.17) is 16.3 Å². The molecule has 1 aliphatic carbocycles. The van der Waals surface area contributed by atoms with Gasteiger partial charge in [-0.25, -0.2) is 4.98 Å². The summed E-state index contributed by atoms with van der Waals surface area (Å²) in [6, 6.07) is 7.97. The van der Waals surface area contributed by atoms with Crippen molar-refractivity contribution in [3.05, 3.63) is 52.6 Å². The van der Waals surface area contributed by atoms with Crippen molar-refractivity contribution in [2.75, 3.05) is 13.1 Å². The van der Waals surface area contributed by atoms with Crippen LogP contribution in [0.3, 0.4) is 0 Å². The number of carbonyl (C=O) groups excluding carboxylic acids is 2. The van der Waals surface area contributed by atoms with E-state index in [1.807, 2.05) is 33.7 Å². The Labute approximate surface area is 205 Å². The molecule has 2 fully saturated rings. The highest BCUT2D eigenvalue weighted by atomic mass is 35.5. The first-order valence-electron chi connectivity index (χ1n) is 12.5. The van der Waals surface area contributed by atoms with Gasteiger partial charge >= 0.3 is 0 Å². The van der Waals surface area contributed by atoms with Gasteiger partial charge < -0.3 is 19.5 Å². The van der Waals surface area contributed by atoms with Crippen LogP contribution in [0.4, 0.5) is 0 Å². The molecule has 3 aliphatic rings. The maximum atomic E-state index is 13.2. The van der Waals surface area contributed by atoms with Crippen molar-refractivity contribution in [2.24, 2.45) is 11.8 Å². The van der Waals surface area contributed by atoms with E-state index in [1.54, 1.807) is 6.33 Å². The lowest BCUT2D eigenvalue weighted by Crippen LogP contribution is -2.46. The Morgan fingerprint density at radius 3 is 2.47 bits per heavy atom. The number of nitrogens with one attached hydrogen (secondary N) is 1. The number of piperidine rings is 1. The van der Waals surface area contributed by atoms with Gasteiger partial charge in [0.15, 0.2) is 5.69 Å². The third-order valence-electron chi connectivity index (χ3n) is 7.69. The summed E-state index contributed by atoms with van der Waals surface area (Å²) in [5.41, 5.74) is 2.34. The summed E-state index contributed by atoms with van der Waals surface area (Å²) < 4.78 is 8.08. The number of hydrogen-bond donors (Lipinski definition) is 1. The molecule has 1 saturated carbocycles. The average Bonchev–Trinajstić information content (AvgIpc) is 3.29. The minimum absolute atomic E-state index is 0.0113. The second kappa shape index (κ2) is 10.1. The Morgan fingerprint density at radius 2 is 1.76 bits per heavy atom. The Morgan fingerprint density at radius 1 is 1.06 bits per heavy atom. The molecule has 0 unspecified atom stereocenters. The number of amides is 2. The largest absolute Gasteiger partial charge is 0.365 e. The number of halogens is 1. The fraction of sp³-hybridized carbons (Fsp3) is 0.577. The molecular formula is C26H33ClN4O3. The molecular weight excluding hydrogens is 452 g/mol. The monoisotopic (exact) mass is 484 g/mol. The first-order valence-corrected chi connectivity index (χ1v) is 12.9. The number of likely N-dealkylation sites (tertiary alicyclic amines) is 1. The van der Waals surface area contributed by atoms with E-state index < -0.39 is 0 Å². The van der Waals surface area contributed by atoms with Gasteiger partial charge in [0.05, 0.1) is 25.2 Å². The molecule has 34 heavy (non-hydrogen) atoms. The van der Waals surface area contributed by atoms with E-state index >= 15 is 0 Å². The highest BCUT2D eigenvalue weighted by Gasteiger charge is 2.33. The first-order chi connectivity index (χ1) is 16.5. The first kappa shape index (κ1) is 23.4. The Kier molecular flexibility index (Phi) is 6.93. The summed E-state index contributed by atoms with van der Waals surface area (Å²) in [5, 5.41) is 3.96. The third-order valence-corrected chi connectivity index (χ3v) is 7.94. The summed E-state index contributed by atoms with van der Waals surface area (Å²) >= 11 is 6.00. The van der Waals surface area contributed by atoms with Crippen LogP contribution in [-0.4, -0.2) is 45.4 Å². The molecule has 8 heteroatoms. The number of ether oxygens (including phenoxy) is 1. The van der Waals surface area contributed by atoms with Gasteiger partial charge in [-0.15, -0.1) is 0 Å². The normalized spacial score (nSPS) is 25.6. The zero-order valence-electron chi connectivity index (χ0n) is 19.7. The standard InChI is InChI=1S/C26H33ClN4O3/c1-17-2-8-21(9-3-17)29-25(32)19-10-12-30(13-11-19)26(33)24-22-15-34-23(14-31(22)16-28-24)18-4-6-20(27)7-5-18/h4-7,16-17,19,21,23H,2-3,8-15H2,1H3,(H,29,32)/t17?,21?,23-/m0/s1. The summed E-state index contributed by atoms with van der Waals surface area (Å²) in [7, 11) is 0. The molecule has 182 valence electrons. The Hall–Kier alpha value is -2.38. The maximum Gasteiger partial charge on any atom is 0.274 e. The van der Waals surface area contributed by atoms with Crippen molar-refractivity contribution in [2.45, 2.75) is 70.7 Å². The van der Waals surface area contributed by atoms with E-state index in [0.29, 0.717) is 55.8 Å². The lowest BCUT2D eigenvalue weighted by molar-refractivity contribution is -0.127. The summed E-state index contributed by atoms with van der Waals surface area (Å²) in [6.45, 7) is 4.40. The number of rotatable bonds is 4. The molecule has 1 aromatic heterocycles. The van der Waals surface area contributed by atoms with Crippen molar-refractivity contribution in [3.63, 3.8) is 0 Å². The van der Waals surface area contributed by atoms with Crippen molar-refractivity contribution >= 4 is 23.4 Å². The van der Waals surface area contributed by atoms with Gasteiger partial charge in [0.2, 0.25) is 5.91 Å². The van der Waals surface area contributed by atoms with Crippen LogP contribution < -0.4 is 5.32 Å². The fourth-order valence-electron chi connectivity index (χ4n) is 5.40. The Balaban J connectivity index is 1.15.